The summed E-state index contributed by atoms with van der Waals surface area (Å²) in [6.07, 6.45) is 1.97. The number of hydrogen-bond acceptors (Lipinski definition) is 2. The molecule has 1 N–H and O–H groups in total. The second kappa shape index (κ2) is 7.07. The maximum absolute atomic E-state index is 7.89. The molecule has 110 valence electrons. The van der Waals surface area contributed by atoms with Crippen molar-refractivity contribution in [1.82, 2.24) is 0 Å². The van der Waals surface area contributed by atoms with Gasteiger partial charge in [0, 0.05) is 11.3 Å². The predicted octanol–water partition coefficient (Wildman–Crippen LogP) is 5.09. The van der Waals surface area contributed by atoms with Crippen molar-refractivity contribution < 1.29 is 4.74 Å². The van der Waals surface area contributed by atoms with E-state index in [4.69, 9.17) is 10.1 Å². The molecular formula is C19H23NO. The van der Waals surface area contributed by atoms with Gasteiger partial charge in [-0.1, -0.05) is 44.2 Å². The van der Waals surface area contributed by atoms with Crippen LogP contribution in [0.2, 0.25) is 0 Å². The molecule has 2 nitrogen and oxygen atoms in total. The minimum absolute atomic E-state index is 0.538. The lowest BCUT2D eigenvalue weighted by Gasteiger charge is -2.14. The fourth-order valence-corrected chi connectivity index (χ4v) is 2.44. The number of ether oxygens (including phenoxy) is 1. The molecule has 0 fully saturated rings. The minimum Gasteiger partial charge on any atom is -0.493 e. The lowest BCUT2D eigenvalue weighted by Crippen LogP contribution is -2.02. The second-order valence-electron chi connectivity index (χ2n) is 5.20. The molecule has 0 aliphatic heterocycles. The Hall–Kier alpha value is -2.09. The summed E-state index contributed by atoms with van der Waals surface area (Å²) in [5.74, 6) is 0.813. The Kier molecular flexibility index (Phi) is 5.15. The average Bonchev–Trinajstić information content (AvgIpc) is 2.52. The number of benzene rings is 2. The summed E-state index contributed by atoms with van der Waals surface area (Å²) in [6, 6.07) is 14.6. The van der Waals surface area contributed by atoms with E-state index in [-0.39, 0.29) is 0 Å². The van der Waals surface area contributed by atoms with Crippen molar-refractivity contribution in [2.24, 2.45) is 0 Å². The lowest BCUT2D eigenvalue weighted by molar-refractivity contribution is 0.317. The third-order valence-corrected chi connectivity index (χ3v) is 3.56. The Morgan fingerprint density at radius 1 is 1.10 bits per heavy atom. The molecule has 0 aliphatic rings. The summed E-state index contributed by atoms with van der Waals surface area (Å²) in [6.45, 7) is 6.74. The summed E-state index contributed by atoms with van der Waals surface area (Å²) in [4.78, 5) is 0. The van der Waals surface area contributed by atoms with Gasteiger partial charge in [0.05, 0.1) is 6.61 Å². The molecule has 0 saturated carbocycles. The fraction of sp³-hybridized carbons (Fsp3) is 0.316. The van der Waals surface area contributed by atoms with Gasteiger partial charge in [-0.05, 0) is 48.6 Å². The van der Waals surface area contributed by atoms with E-state index < -0.39 is 0 Å². The van der Waals surface area contributed by atoms with E-state index in [1.54, 1.807) is 6.92 Å². The zero-order valence-electron chi connectivity index (χ0n) is 13.1. The van der Waals surface area contributed by atoms with Crippen LogP contribution in [0.25, 0.3) is 11.1 Å². The predicted molar refractivity (Wildman–Crippen MR) is 89.5 cm³/mol. The number of nitrogens with one attached hydrogen (secondary N) is 1. The second-order valence-corrected chi connectivity index (χ2v) is 5.20. The van der Waals surface area contributed by atoms with Gasteiger partial charge in [0.1, 0.15) is 5.75 Å². The number of rotatable bonds is 6. The molecule has 0 saturated heterocycles. The van der Waals surface area contributed by atoms with E-state index in [1.807, 2.05) is 6.07 Å². The highest BCUT2D eigenvalue weighted by atomic mass is 16.5. The normalized spacial score (nSPS) is 10.4. The molecule has 0 unspecified atom stereocenters. The third-order valence-electron chi connectivity index (χ3n) is 3.56. The number of aryl methyl sites for hydroxylation is 1. The largest absolute Gasteiger partial charge is 0.493 e. The third kappa shape index (κ3) is 3.52. The highest BCUT2D eigenvalue weighted by molar-refractivity contribution is 5.99. The van der Waals surface area contributed by atoms with Crippen LogP contribution in [0.3, 0.4) is 0 Å². The quantitative estimate of drug-likeness (QED) is 0.735. The molecule has 0 bridgehead atoms. The van der Waals surface area contributed by atoms with E-state index in [9.17, 15) is 0 Å². The average molecular weight is 281 g/mol. The Bertz CT molecular complexity index is 631. The van der Waals surface area contributed by atoms with E-state index in [0.29, 0.717) is 12.3 Å². The molecule has 0 amide bonds. The monoisotopic (exact) mass is 281 g/mol. The molecule has 21 heavy (non-hydrogen) atoms. The van der Waals surface area contributed by atoms with Crippen LogP contribution >= 0.6 is 0 Å². The Labute approximate surface area is 127 Å². The van der Waals surface area contributed by atoms with Crippen molar-refractivity contribution in [2.75, 3.05) is 6.61 Å². The minimum atomic E-state index is 0.538. The zero-order chi connectivity index (χ0) is 15.2. The maximum Gasteiger partial charge on any atom is 0.128 e. The molecule has 0 spiro atoms. The van der Waals surface area contributed by atoms with Crippen LogP contribution in [0.15, 0.2) is 42.5 Å². The number of hydrogen-bond donors (Lipinski definition) is 1. The van der Waals surface area contributed by atoms with E-state index >= 15 is 0 Å². The first-order valence-electron chi connectivity index (χ1n) is 7.58. The van der Waals surface area contributed by atoms with Gasteiger partial charge >= 0.3 is 0 Å². The van der Waals surface area contributed by atoms with Gasteiger partial charge in [0.25, 0.3) is 0 Å². The van der Waals surface area contributed by atoms with Gasteiger partial charge in [-0.15, -0.1) is 0 Å². The van der Waals surface area contributed by atoms with Crippen molar-refractivity contribution in [3.05, 3.63) is 53.6 Å². The highest BCUT2D eigenvalue weighted by Gasteiger charge is 2.10. The summed E-state index contributed by atoms with van der Waals surface area (Å²) >= 11 is 0. The molecule has 0 aliphatic carbocycles. The molecule has 2 heteroatoms. The van der Waals surface area contributed by atoms with Crippen molar-refractivity contribution >= 4 is 5.71 Å². The first-order valence-corrected chi connectivity index (χ1v) is 7.58. The fourth-order valence-electron chi connectivity index (χ4n) is 2.44. The van der Waals surface area contributed by atoms with Gasteiger partial charge in [-0.2, -0.15) is 0 Å². The van der Waals surface area contributed by atoms with E-state index in [1.165, 1.54) is 11.1 Å². The van der Waals surface area contributed by atoms with Crippen LogP contribution in [-0.2, 0) is 6.42 Å². The van der Waals surface area contributed by atoms with Crippen LogP contribution in [-0.4, -0.2) is 12.3 Å². The van der Waals surface area contributed by atoms with Crippen molar-refractivity contribution in [2.45, 2.75) is 33.6 Å². The molecule has 2 aromatic rings. The summed E-state index contributed by atoms with van der Waals surface area (Å²) < 4.78 is 5.84. The summed E-state index contributed by atoms with van der Waals surface area (Å²) in [7, 11) is 0. The molecule has 2 rings (SSSR count). The van der Waals surface area contributed by atoms with Crippen molar-refractivity contribution in [3.8, 4) is 16.9 Å². The standard InChI is InChI=1S/C19H23NO/c1-4-12-21-19-13-16(10-11-17(19)14(3)20)18-9-7-6-8-15(18)5-2/h6-11,13,20H,4-5,12H2,1-3H3. The van der Waals surface area contributed by atoms with E-state index in [0.717, 1.165) is 29.7 Å². The first-order chi connectivity index (χ1) is 10.2. The van der Waals surface area contributed by atoms with Crippen molar-refractivity contribution in [1.29, 1.82) is 5.41 Å². The smallest absolute Gasteiger partial charge is 0.128 e. The topological polar surface area (TPSA) is 33.1 Å². The van der Waals surface area contributed by atoms with Gasteiger partial charge < -0.3 is 10.1 Å². The van der Waals surface area contributed by atoms with Crippen LogP contribution in [0, 0.1) is 5.41 Å². The van der Waals surface area contributed by atoms with Gasteiger partial charge in [-0.25, -0.2) is 0 Å². The highest BCUT2D eigenvalue weighted by Crippen LogP contribution is 2.30. The SMILES string of the molecule is CCCOc1cc(-c2ccccc2CC)ccc1C(C)=N. The Morgan fingerprint density at radius 3 is 2.52 bits per heavy atom. The lowest BCUT2D eigenvalue weighted by atomic mass is 9.96. The van der Waals surface area contributed by atoms with Gasteiger partial charge in [-0.3, -0.25) is 0 Å². The van der Waals surface area contributed by atoms with E-state index in [2.05, 4.69) is 50.2 Å². The molecule has 0 heterocycles. The Morgan fingerprint density at radius 2 is 1.86 bits per heavy atom. The van der Waals surface area contributed by atoms with Crippen LogP contribution in [0.4, 0.5) is 0 Å². The van der Waals surface area contributed by atoms with Gasteiger partial charge in [0.2, 0.25) is 0 Å². The molecule has 0 radical (unpaired) electrons. The molecular weight excluding hydrogens is 258 g/mol. The molecule has 0 atom stereocenters. The Balaban J connectivity index is 2.48. The van der Waals surface area contributed by atoms with Crippen LogP contribution in [0.5, 0.6) is 5.75 Å². The summed E-state index contributed by atoms with van der Waals surface area (Å²) in [5.41, 5.74) is 5.15. The van der Waals surface area contributed by atoms with Gasteiger partial charge in [0.15, 0.2) is 0 Å². The first kappa shape index (κ1) is 15.3. The zero-order valence-corrected chi connectivity index (χ0v) is 13.1. The summed E-state index contributed by atoms with van der Waals surface area (Å²) in [5, 5.41) is 7.89. The van der Waals surface area contributed by atoms with Crippen LogP contribution in [0.1, 0.15) is 38.3 Å². The van der Waals surface area contributed by atoms with Crippen LogP contribution < -0.4 is 4.74 Å². The molecule has 0 aromatic heterocycles. The van der Waals surface area contributed by atoms with Crippen molar-refractivity contribution in [3.63, 3.8) is 0 Å². The maximum atomic E-state index is 7.89. The molecule has 2 aromatic carbocycles.